The number of hydrogen-bond donors (Lipinski definition) is 3. The first kappa shape index (κ1) is 15.3. The van der Waals surface area contributed by atoms with Gasteiger partial charge in [0.2, 0.25) is 0 Å². The molecule has 1 aromatic heterocycles. The largest absolute Gasteiger partial charge is 0.480 e. The normalized spacial score (nSPS) is 17.6. The number of carbonyl (C=O) groups is 2. The minimum absolute atomic E-state index is 0.474. The van der Waals surface area contributed by atoms with Crippen LogP contribution in [0.25, 0.3) is 0 Å². The number of nitrogens with one attached hydrogen (secondary N) is 2. The second kappa shape index (κ2) is 6.56. The molecule has 0 unspecified atom stereocenters. The molecule has 0 radical (unpaired) electrons. The van der Waals surface area contributed by atoms with E-state index in [1.165, 1.54) is 0 Å². The number of aryl methyl sites for hydroxylation is 1. The maximum absolute atomic E-state index is 12.1. The number of anilines is 1. The van der Waals surface area contributed by atoms with Crippen LogP contribution in [0, 0.1) is 6.92 Å². The van der Waals surface area contributed by atoms with Crippen LogP contribution in [0.3, 0.4) is 0 Å². The lowest BCUT2D eigenvalue weighted by molar-refractivity contribution is -0.145. The van der Waals surface area contributed by atoms with Crippen LogP contribution in [0.15, 0.2) is 18.3 Å². The van der Waals surface area contributed by atoms with E-state index >= 15 is 0 Å². The summed E-state index contributed by atoms with van der Waals surface area (Å²) in [7, 11) is 0. The van der Waals surface area contributed by atoms with Gasteiger partial charge < -0.3 is 15.7 Å². The lowest BCUT2D eigenvalue weighted by atomic mass is 9.90. The summed E-state index contributed by atoms with van der Waals surface area (Å²) in [5, 5.41) is 14.8. The predicted molar refractivity (Wildman–Crippen MR) is 79.2 cm³/mol. The van der Waals surface area contributed by atoms with Crippen molar-refractivity contribution in [1.82, 2.24) is 10.3 Å². The van der Waals surface area contributed by atoms with E-state index in [1.54, 1.807) is 18.3 Å². The average Bonchev–Trinajstić information content (AvgIpc) is 2.68. The number of aliphatic carboxylic acids is 1. The SMILES string of the molecule is Cc1ccc(NC(=O)NC2(C(=O)O)CCCCCC2)cn1. The fraction of sp³-hybridized carbons (Fsp3) is 0.533. The minimum atomic E-state index is -1.15. The van der Waals surface area contributed by atoms with Crippen LogP contribution in [0.4, 0.5) is 10.5 Å². The summed E-state index contributed by atoms with van der Waals surface area (Å²) in [4.78, 5) is 27.8. The minimum Gasteiger partial charge on any atom is -0.480 e. The van der Waals surface area contributed by atoms with E-state index in [9.17, 15) is 14.7 Å². The van der Waals surface area contributed by atoms with Gasteiger partial charge in [-0.05, 0) is 31.9 Å². The van der Waals surface area contributed by atoms with Crippen molar-refractivity contribution < 1.29 is 14.7 Å². The van der Waals surface area contributed by atoms with Gasteiger partial charge in [-0.15, -0.1) is 0 Å². The summed E-state index contributed by atoms with van der Waals surface area (Å²) >= 11 is 0. The topological polar surface area (TPSA) is 91.3 Å². The van der Waals surface area contributed by atoms with Crippen LogP contribution in [0.2, 0.25) is 0 Å². The van der Waals surface area contributed by atoms with Gasteiger partial charge in [0, 0.05) is 5.69 Å². The van der Waals surface area contributed by atoms with Crippen LogP contribution in [0.1, 0.15) is 44.2 Å². The van der Waals surface area contributed by atoms with E-state index in [1.807, 2.05) is 6.92 Å². The molecular weight excluding hydrogens is 270 g/mol. The molecule has 1 aliphatic rings. The number of amides is 2. The van der Waals surface area contributed by atoms with Crippen molar-refractivity contribution in [2.75, 3.05) is 5.32 Å². The maximum atomic E-state index is 12.1. The van der Waals surface area contributed by atoms with Gasteiger partial charge in [-0.2, -0.15) is 0 Å². The number of carbonyl (C=O) groups excluding carboxylic acids is 1. The highest BCUT2D eigenvalue weighted by Crippen LogP contribution is 2.27. The van der Waals surface area contributed by atoms with Crippen molar-refractivity contribution in [3.63, 3.8) is 0 Å². The van der Waals surface area contributed by atoms with Crippen molar-refractivity contribution in [2.45, 2.75) is 51.0 Å². The number of nitrogens with zero attached hydrogens (tertiary/aromatic N) is 1. The van der Waals surface area contributed by atoms with Gasteiger partial charge in [-0.25, -0.2) is 9.59 Å². The Hall–Kier alpha value is -2.11. The number of pyridine rings is 1. The zero-order chi connectivity index (χ0) is 15.3. The molecule has 0 saturated heterocycles. The van der Waals surface area contributed by atoms with Gasteiger partial charge in [-0.3, -0.25) is 4.98 Å². The van der Waals surface area contributed by atoms with E-state index in [2.05, 4.69) is 15.6 Å². The molecule has 6 nitrogen and oxygen atoms in total. The van der Waals surface area contributed by atoms with Gasteiger partial charge in [0.1, 0.15) is 5.54 Å². The van der Waals surface area contributed by atoms with Gasteiger partial charge in [0.15, 0.2) is 0 Å². The van der Waals surface area contributed by atoms with Crippen LogP contribution in [-0.4, -0.2) is 27.6 Å². The molecule has 114 valence electrons. The molecule has 0 bridgehead atoms. The van der Waals surface area contributed by atoms with Gasteiger partial charge in [-0.1, -0.05) is 25.7 Å². The Kier molecular flexibility index (Phi) is 4.77. The number of carboxylic acid groups (broad SMARTS) is 1. The highest BCUT2D eigenvalue weighted by atomic mass is 16.4. The maximum Gasteiger partial charge on any atom is 0.329 e. The number of rotatable bonds is 3. The first-order chi connectivity index (χ1) is 10.0. The molecule has 1 fully saturated rings. The third-order valence-electron chi connectivity index (χ3n) is 3.89. The summed E-state index contributed by atoms with van der Waals surface area (Å²) in [5.74, 6) is -0.957. The van der Waals surface area contributed by atoms with Crippen molar-refractivity contribution in [1.29, 1.82) is 0 Å². The lowest BCUT2D eigenvalue weighted by Gasteiger charge is -2.29. The number of carboxylic acids is 1. The van der Waals surface area contributed by atoms with Gasteiger partial charge in [0.05, 0.1) is 11.9 Å². The molecule has 1 aliphatic carbocycles. The van der Waals surface area contributed by atoms with E-state index < -0.39 is 17.5 Å². The summed E-state index contributed by atoms with van der Waals surface area (Å²) in [5.41, 5.74) is 0.248. The Morgan fingerprint density at radius 2 is 1.86 bits per heavy atom. The first-order valence-corrected chi connectivity index (χ1v) is 7.27. The molecular formula is C15H21N3O3. The number of hydrogen-bond acceptors (Lipinski definition) is 3. The van der Waals surface area contributed by atoms with Gasteiger partial charge in [0.25, 0.3) is 0 Å². The molecule has 1 heterocycles. The molecule has 0 aliphatic heterocycles. The summed E-state index contributed by atoms with van der Waals surface area (Å²) in [6, 6.07) is 3.03. The number of urea groups is 1. The summed E-state index contributed by atoms with van der Waals surface area (Å²) in [6.07, 6.45) is 6.16. The average molecular weight is 291 g/mol. The molecule has 1 saturated carbocycles. The van der Waals surface area contributed by atoms with Crippen molar-refractivity contribution in [3.8, 4) is 0 Å². The lowest BCUT2D eigenvalue weighted by Crippen LogP contribution is -2.55. The molecule has 0 aromatic carbocycles. The molecule has 0 atom stereocenters. The first-order valence-electron chi connectivity index (χ1n) is 7.27. The van der Waals surface area contributed by atoms with Gasteiger partial charge >= 0.3 is 12.0 Å². The molecule has 2 amide bonds. The summed E-state index contributed by atoms with van der Waals surface area (Å²) in [6.45, 7) is 1.86. The fourth-order valence-corrected chi connectivity index (χ4v) is 2.65. The molecule has 6 heteroatoms. The molecule has 0 spiro atoms. The van der Waals surface area contributed by atoms with Crippen molar-refractivity contribution in [2.24, 2.45) is 0 Å². The van der Waals surface area contributed by atoms with Crippen LogP contribution >= 0.6 is 0 Å². The Morgan fingerprint density at radius 1 is 1.19 bits per heavy atom. The fourth-order valence-electron chi connectivity index (χ4n) is 2.65. The molecule has 21 heavy (non-hydrogen) atoms. The second-order valence-corrected chi connectivity index (χ2v) is 5.57. The van der Waals surface area contributed by atoms with E-state index in [4.69, 9.17) is 0 Å². The highest BCUT2D eigenvalue weighted by molar-refractivity contribution is 5.93. The van der Waals surface area contributed by atoms with Crippen molar-refractivity contribution >= 4 is 17.7 Å². The van der Waals surface area contributed by atoms with Crippen LogP contribution in [0.5, 0.6) is 0 Å². The zero-order valence-electron chi connectivity index (χ0n) is 12.2. The smallest absolute Gasteiger partial charge is 0.329 e. The van der Waals surface area contributed by atoms with Crippen LogP contribution in [-0.2, 0) is 4.79 Å². The highest BCUT2D eigenvalue weighted by Gasteiger charge is 2.40. The monoisotopic (exact) mass is 291 g/mol. The van der Waals surface area contributed by atoms with E-state index in [-0.39, 0.29) is 0 Å². The van der Waals surface area contributed by atoms with E-state index in [0.717, 1.165) is 31.4 Å². The predicted octanol–water partition coefficient (Wildman–Crippen LogP) is 2.69. The summed E-state index contributed by atoms with van der Waals surface area (Å²) < 4.78 is 0. The third-order valence-corrected chi connectivity index (χ3v) is 3.89. The Bertz CT molecular complexity index is 505. The Labute approximate surface area is 124 Å². The molecule has 1 aromatic rings. The Balaban J connectivity index is 2.04. The second-order valence-electron chi connectivity index (χ2n) is 5.57. The standard InChI is InChI=1S/C15H21N3O3/c1-11-6-7-12(10-16-11)17-14(21)18-15(13(19)20)8-4-2-3-5-9-15/h6-7,10H,2-5,8-9H2,1H3,(H,19,20)(H2,17,18,21). The Morgan fingerprint density at radius 3 is 2.38 bits per heavy atom. The molecule has 3 N–H and O–H groups in total. The zero-order valence-corrected chi connectivity index (χ0v) is 12.2. The van der Waals surface area contributed by atoms with Crippen LogP contribution < -0.4 is 10.6 Å². The quantitative estimate of drug-likeness (QED) is 0.747. The van der Waals surface area contributed by atoms with E-state index in [0.29, 0.717) is 18.5 Å². The third kappa shape index (κ3) is 3.93. The molecule has 2 rings (SSSR count). The number of aromatic nitrogens is 1. The van der Waals surface area contributed by atoms with Crippen molar-refractivity contribution in [3.05, 3.63) is 24.0 Å².